The Morgan fingerprint density at radius 3 is 2.50 bits per heavy atom. The number of rotatable bonds is 3. The molecule has 0 radical (unpaired) electrons. The number of imidazole rings is 1. The quantitative estimate of drug-likeness (QED) is 0.940. The van der Waals surface area contributed by atoms with E-state index in [1.807, 2.05) is 6.92 Å². The fraction of sp³-hybridized carbons (Fsp3) is 0.455. The first-order chi connectivity index (χ1) is 8.41. The summed E-state index contributed by atoms with van der Waals surface area (Å²) in [7, 11) is 3.52. The SMILES string of the molecule is Cc1nn(C)c(Cl)c1CC(O)c1ncc(Cl)n1C. The van der Waals surface area contributed by atoms with Gasteiger partial charge in [0.2, 0.25) is 0 Å². The largest absolute Gasteiger partial charge is 0.385 e. The highest BCUT2D eigenvalue weighted by Crippen LogP contribution is 2.26. The summed E-state index contributed by atoms with van der Waals surface area (Å²) in [5.74, 6) is 0.513. The maximum atomic E-state index is 10.2. The molecule has 2 aromatic heterocycles. The minimum atomic E-state index is -0.761. The van der Waals surface area contributed by atoms with E-state index in [1.54, 1.807) is 23.3 Å². The summed E-state index contributed by atoms with van der Waals surface area (Å²) in [6, 6.07) is 0. The monoisotopic (exact) mass is 288 g/mol. The fourth-order valence-corrected chi connectivity index (χ4v) is 2.29. The van der Waals surface area contributed by atoms with Crippen molar-refractivity contribution < 1.29 is 5.11 Å². The molecule has 18 heavy (non-hydrogen) atoms. The highest BCUT2D eigenvalue weighted by molar-refractivity contribution is 6.30. The molecule has 0 saturated heterocycles. The van der Waals surface area contributed by atoms with Gasteiger partial charge in [0.1, 0.15) is 22.2 Å². The molecular weight excluding hydrogens is 275 g/mol. The van der Waals surface area contributed by atoms with Gasteiger partial charge in [0.05, 0.1) is 11.9 Å². The van der Waals surface area contributed by atoms with Crippen LogP contribution in [0.5, 0.6) is 0 Å². The Labute approximate surface area is 115 Å². The van der Waals surface area contributed by atoms with Gasteiger partial charge in [-0.1, -0.05) is 23.2 Å². The zero-order valence-corrected chi connectivity index (χ0v) is 11.9. The number of nitrogens with zero attached hydrogens (tertiary/aromatic N) is 4. The van der Waals surface area contributed by atoms with Gasteiger partial charge in [-0.2, -0.15) is 5.10 Å². The zero-order chi connectivity index (χ0) is 13.4. The molecule has 0 aromatic carbocycles. The predicted octanol–water partition coefficient (Wildman–Crippen LogP) is 2.04. The second kappa shape index (κ2) is 4.91. The number of aryl methyl sites for hydroxylation is 2. The van der Waals surface area contributed by atoms with Crippen LogP contribution in [-0.2, 0) is 20.5 Å². The van der Waals surface area contributed by atoms with Crippen molar-refractivity contribution in [2.45, 2.75) is 19.4 Å². The van der Waals surface area contributed by atoms with Crippen LogP contribution in [0.3, 0.4) is 0 Å². The Hall–Kier alpha value is -1.04. The normalized spacial score (nSPS) is 13.0. The van der Waals surface area contributed by atoms with Gasteiger partial charge in [-0.05, 0) is 6.92 Å². The van der Waals surface area contributed by atoms with Crippen molar-refractivity contribution in [2.75, 3.05) is 0 Å². The van der Waals surface area contributed by atoms with E-state index >= 15 is 0 Å². The molecule has 0 saturated carbocycles. The molecule has 1 N–H and O–H groups in total. The summed E-state index contributed by atoms with van der Waals surface area (Å²) in [6.07, 6.45) is 1.11. The lowest BCUT2D eigenvalue weighted by atomic mass is 10.1. The van der Waals surface area contributed by atoms with Crippen molar-refractivity contribution in [3.05, 3.63) is 33.6 Å². The van der Waals surface area contributed by atoms with Crippen molar-refractivity contribution >= 4 is 23.2 Å². The van der Waals surface area contributed by atoms with Gasteiger partial charge in [-0.15, -0.1) is 0 Å². The highest BCUT2D eigenvalue weighted by atomic mass is 35.5. The third-order valence-corrected chi connectivity index (χ3v) is 3.76. The van der Waals surface area contributed by atoms with Gasteiger partial charge in [-0.3, -0.25) is 4.68 Å². The molecule has 5 nitrogen and oxygen atoms in total. The molecule has 0 bridgehead atoms. The van der Waals surface area contributed by atoms with E-state index in [2.05, 4.69) is 10.1 Å². The third-order valence-electron chi connectivity index (χ3n) is 2.93. The molecule has 98 valence electrons. The molecule has 0 amide bonds. The van der Waals surface area contributed by atoms with Crippen molar-refractivity contribution in [1.82, 2.24) is 19.3 Å². The number of aliphatic hydroxyl groups is 1. The van der Waals surface area contributed by atoms with Gasteiger partial charge in [0.15, 0.2) is 0 Å². The molecule has 0 aliphatic carbocycles. The van der Waals surface area contributed by atoms with E-state index in [4.69, 9.17) is 23.2 Å². The molecule has 2 heterocycles. The Bertz CT molecular complexity index is 576. The second-order valence-electron chi connectivity index (χ2n) is 4.20. The van der Waals surface area contributed by atoms with Crippen molar-refractivity contribution in [3.8, 4) is 0 Å². The minimum Gasteiger partial charge on any atom is -0.385 e. The molecule has 2 aromatic rings. The lowest BCUT2D eigenvalue weighted by Gasteiger charge is -2.10. The van der Waals surface area contributed by atoms with Crippen LogP contribution in [0.15, 0.2) is 6.20 Å². The summed E-state index contributed by atoms with van der Waals surface area (Å²) in [4.78, 5) is 4.09. The van der Waals surface area contributed by atoms with Gasteiger partial charge < -0.3 is 9.67 Å². The minimum absolute atomic E-state index is 0.361. The van der Waals surface area contributed by atoms with Crippen molar-refractivity contribution in [2.24, 2.45) is 14.1 Å². The Balaban J connectivity index is 2.26. The van der Waals surface area contributed by atoms with Crippen molar-refractivity contribution in [1.29, 1.82) is 0 Å². The van der Waals surface area contributed by atoms with Crippen molar-refractivity contribution in [3.63, 3.8) is 0 Å². The average molecular weight is 289 g/mol. The number of hydrogen-bond donors (Lipinski definition) is 1. The Morgan fingerprint density at radius 2 is 2.06 bits per heavy atom. The standard InChI is InChI=1S/C11H14Cl2N4O/c1-6-7(10(13)17(3)15-6)4-8(18)11-14-5-9(12)16(11)2/h5,8,18H,4H2,1-3H3. The van der Waals surface area contributed by atoms with Crippen LogP contribution in [0.25, 0.3) is 0 Å². The van der Waals surface area contributed by atoms with Gasteiger partial charge >= 0.3 is 0 Å². The van der Waals surface area contributed by atoms with Crippen LogP contribution < -0.4 is 0 Å². The second-order valence-corrected chi connectivity index (χ2v) is 4.94. The molecule has 0 fully saturated rings. The van der Waals surface area contributed by atoms with Crippen LogP contribution in [0.1, 0.15) is 23.2 Å². The van der Waals surface area contributed by atoms with E-state index in [-0.39, 0.29) is 0 Å². The maximum Gasteiger partial charge on any atom is 0.138 e. The summed E-state index contributed by atoms with van der Waals surface area (Å²) in [6.45, 7) is 1.86. The van der Waals surface area contributed by atoms with E-state index in [0.717, 1.165) is 11.3 Å². The number of aliphatic hydroxyl groups excluding tert-OH is 1. The molecule has 2 rings (SSSR count). The maximum absolute atomic E-state index is 10.2. The van der Waals surface area contributed by atoms with E-state index in [9.17, 15) is 5.11 Å². The molecule has 1 unspecified atom stereocenters. The molecular formula is C11H14Cl2N4O. The van der Waals surface area contributed by atoms with E-state index in [1.165, 1.54) is 6.20 Å². The number of halogens is 2. The predicted molar refractivity (Wildman–Crippen MR) is 69.8 cm³/mol. The highest BCUT2D eigenvalue weighted by Gasteiger charge is 2.20. The van der Waals surface area contributed by atoms with Crippen LogP contribution >= 0.6 is 23.2 Å². The number of aromatic nitrogens is 4. The summed E-state index contributed by atoms with van der Waals surface area (Å²) >= 11 is 12.0. The van der Waals surface area contributed by atoms with Crippen LogP contribution in [0.4, 0.5) is 0 Å². The number of hydrogen-bond acceptors (Lipinski definition) is 3. The summed E-state index contributed by atoms with van der Waals surface area (Å²) < 4.78 is 3.23. The summed E-state index contributed by atoms with van der Waals surface area (Å²) in [5, 5.41) is 15.4. The molecule has 0 aliphatic heterocycles. The molecule has 7 heteroatoms. The molecule has 0 spiro atoms. The third kappa shape index (κ3) is 2.25. The molecule has 0 aliphatic rings. The lowest BCUT2D eigenvalue weighted by Crippen LogP contribution is -2.09. The topological polar surface area (TPSA) is 55.9 Å². The lowest BCUT2D eigenvalue weighted by molar-refractivity contribution is 0.165. The smallest absolute Gasteiger partial charge is 0.138 e. The van der Waals surface area contributed by atoms with Gasteiger partial charge in [0, 0.05) is 26.1 Å². The zero-order valence-electron chi connectivity index (χ0n) is 10.4. The van der Waals surface area contributed by atoms with Crippen LogP contribution in [0.2, 0.25) is 10.3 Å². The first kappa shape index (κ1) is 13.4. The van der Waals surface area contributed by atoms with Gasteiger partial charge in [-0.25, -0.2) is 4.98 Å². The Kier molecular flexibility index (Phi) is 3.66. The van der Waals surface area contributed by atoms with Crippen LogP contribution in [0, 0.1) is 6.92 Å². The Morgan fingerprint density at radius 1 is 1.39 bits per heavy atom. The molecule has 1 atom stereocenters. The first-order valence-electron chi connectivity index (χ1n) is 5.45. The first-order valence-corrected chi connectivity index (χ1v) is 6.20. The summed E-state index contributed by atoms with van der Waals surface area (Å²) in [5.41, 5.74) is 1.63. The van der Waals surface area contributed by atoms with E-state index < -0.39 is 6.10 Å². The van der Waals surface area contributed by atoms with Crippen LogP contribution in [-0.4, -0.2) is 24.4 Å². The van der Waals surface area contributed by atoms with E-state index in [0.29, 0.717) is 22.6 Å². The fourth-order valence-electron chi connectivity index (χ4n) is 1.90. The van der Waals surface area contributed by atoms with Gasteiger partial charge in [0.25, 0.3) is 0 Å². The average Bonchev–Trinajstić information content (AvgIpc) is 2.75.